The Balaban J connectivity index is 2.38. The highest BCUT2D eigenvalue weighted by atomic mass is 35.5. The SMILES string of the molecule is CC(N)Cc1cc(Cl)cc2c1OCOC2. The van der Waals surface area contributed by atoms with E-state index in [1.165, 1.54) is 0 Å². The Kier molecular flexibility index (Phi) is 3.14. The zero-order valence-corrected chi connectivity index (χ0v) is 9.38. The smallest absolute Gasteiger partial charge is 0.189 e. The Morgan fingerprint density at radius 3 is 3.07 bits per heavy atom. The highest BCUT2D eigenvalue weighted by Gasteiger charge is 2.16. The Labute approximate surface area is 94.1 Å². The average Bonchev–Trinajstić information content (AvgIpc) is 2.16. The maximum atomic E-state index is 6.01. The summed E-state index contributed by atoms with van der Waals surface area (Å²) < 4.78 is 10.7. The first-order valence-corrected chi connectivity index (χ1v) is 5.32. The Morgan fingerprint density at radius 1 is 1.53 bits per heavy atom. The van der Waals surface area contributed by atoms with Gasteiger partial charge in [0, 0.05) is 16.6 Å². The molecule has 1 aliphatic rings. The second-order valence-electron chi connectivity index (χ2n) is 3.85. The number of hydrogen-bond acceptors (Lipinski definition) is 3. The average molecular weight is 228 g/mol. The van der Waals surface area contributed by atoms with Gasteiger partial charge >= 0.3 is 0 Å². The molecule has 0 bridgehead atoms. The molecule has 0 fully saturated rings. The van der Waals surface area contributed by atoms with E-state index in [4.69, 9.17) is 26.8 Å². The summed E-state index contributed by atoms with van der Waals surface area (Å²) in [6, 6.07) is 3.88. The number of rotatable bonds is 2. The van der Waals surface area contributed by atoms with Crippen LogP contribution in [0.1, 0.15) is 18.1 Å². The van der Waals surface area contributed by atoms with Crippen molar-refractivity contribution in [3.63, 3.8) is 0 Å². The summed E-state index contributed by atoms with van der Waals surface area (Å²) in [5.41, 5.74) is 7.85. The van der Waals surface area contributed by atoms with Gasteiger partial charge in [0.05, 0.1) is 6.61 Å². The van der Waals surface area contributed by atoms with Gasteiger partial charge in [0.2, 0.25) is 0 Å². The van der Waals surface area contributed by atoms with E-state index in [0.717, 1.165) is 23.3 Å². The minimum absolute atomic E-state index is 0.0963. The Hall–Kier alpha value is -0.770. The topological polar surface area (TPSA) is 44.5 Å². The Morgan fingerprint density at radius 2 is 2.33 bits per heavy atom. The van der Waals surface area contributed by atoms with Crippen LogP contribution in [0.2, 0.25) is 5.02 Å². The van der Waals surface area contributed by atoms with Gasteiger partial charge in [-0.2, -0.15) is 0 Å². The number of nitrogens with two attached hydrogens (primary N) is 1. The second kappa shape index (κ2) is 4.39. The lowest BCUT2D eigenvalue weighted by atomic mass is 10.0. The van der Waals surface area contributed by atoms with Crippen molar-refractivity contribution >= 4 is 11.6 Å². The molecular formula is C11H14ClNO2. The summed E-state index contributed by atoms with van der Waals surface area (Å²) in [6.45, 7) is 2.83. The minimum atomic E-state index is 0.0963. The van der Waals surface area contributed by atoms with Gasteiger partial charge in [-0.1, -0.05) is 11.6 Å². The second-order valence-corrected chi connectivity index (χ2v) is 4.28. The summed E-state index contributed by atoms with van der Waals surface area (Å²) in [6.07, 6.45) is 0.767. The molecule has 82 valence electrons. The largest absolute Gasteiger partial charge is 0.467 e. The molecule has 2 N–H and O–H groups in total. The van der Waals surface area contributed by atoms with Gasteiger partial charge in [0.1, 0.15) is 5.75 Å². The van der Waals surface area contributed by atoms with Crippen LogP contribution in [0.3, 0.4) is 0 Å². The molecule has 3 nitrogen and oxygen atoms in total. The predicted molar refractivity (Wildman–Crippen MR) is 59.1 cm³/mol. The van der Waals surface area contributed by atoms with Crippen molar-refractivity contribution in [2.24, 2.45) is 5.73 Å². The normalized spacial score (nSPS) is 16.7. The standard InChI is InChI=1S/C11H14ClNO2/c1-7(13)2-8-3-10(12)4-9-5-14-6-15-11(8)9/h3-4,7H,2,5-6,13H2,1H3. The van der Waals surface area contributed by atoms with Crippen molar-refractivity contribution in [1.29, 1.82) is 0 Å². The van der Waals surface area contributed by atoms with E-state index < -0.39 is 0 Å². The third-order valence-electron chi connectivity index (χ3n) is 2.29. The summed E-state index contributed by atoms with van der Waals surface area (Å²) in [5, 5.41) is 0.707. The summed E-state index contributed by atoms with van der Waals surface area (Å²) in [4.78, 5) is 0. The molecule has 1 unspecified atom stereocenters. The third-order valence-corrected chi connectivity index (χ3v) is 2.51. The van der Waals surface area contributed by atoms with E-state index in [0.29, 0.717) is 18.4 Å². The minimum Gasteiger partial charge on any atom is -0.467 e. The molecule has 4 heteroatoms. The van der Waals surface area contributed by atoms with Crippen LogP contribution in [0.25, 0.3) is 0 Å². The van der Waals surface area contributed by atoms with Crippen LogP contribution < -0.4 is 10.5 Å². The molecule has 15 heavy (non-hydrogen) atoms. The van der Waals surface area contributed by atoms with Crippen molar-refractivity contribution < 1.29 is 9.47 Å². The van der Waals surface area contributed by atoms with Gasteiger partial charge in [-0.25, -0.2) is 0 Å². The van der Waals surface area contributed by atoms with Crippen LogP contribution in [0, 0.1) is 0 Å². The quantitative estimate of drug-likeness (QED) is 0.842. The van der Waals surface area contributed by atoms with Crippen molar-refractivity contribution in [3.8, 4) is 5.75 Å². The molecule has 1 atom stereocenters. The lowest BCUT2D eigenvalue weighted by Crippen LogP contribution is -2.20. The van der Waals surface area contributed by atoms with Crippen LogP contribution in [0.15, 0.2) is 12.1 Å². The number of ether oxygens (including phenoxy) is 2. The first-order chi connectivity index (χ1) is 7.16. The molecule has 0 aliphatic carbocycles. The van der Waals surface area contributed by atoms with Crippen LogP contribution in [-0.2, 0) is 17.8 Å². The Bertz CT molecular complexity index is 366. The molecule has 0 amide bonds. The summed E-state index contributed by atoms with van der Waals surface area (Å²) in [5.74, 6) is 0.892. The van der Waals surface area contributed by atoms with E-state index in [2.05, 4.69) is 0 Å². The molecule has 1 aliphatic heterocycles. The van der Waals surface area contributed by atoms with E-state index >= 15 is 0 Å². The first-order valence-electron chi connectivity index (χ1n) is 4.94. The van der Waals surface area contributed by atoms with Gasteiger partial charge in [0.25, 0.3) is 0 Å². The third kappa shape index (κ3) is 2.43. The maximum Gasteiger partial charge on any atom is 0.189 e. The van der Waals surface area contributed by atoms with Crippen LogP contribution in [-0.4, -0.2) is 12.8 Å². The van der Waals surface area contributed by atoms with Crippen molar-refractivity contribution in [1.82, 2.24) is 0 Å². The monoisotopic (exact) mass is 227 g/mol. The molecule has 0 saturated carbocycles. The van der Waals surface area contributed by atoms with Crippen LogP contribution in [0.5, 0.6) is 5.75 Å². The van der Waals surface area contributed by atoms with Gasteiger partial charge in [-0.3, -0.25) is 0 Å². The summed E-state index contributed by atoms with van der Waals surface area (Å²) in [7, 11) is 0. The van der Waals surface area contributed by atoms with Gasteiger partial charge in [-0.15, -0.1) is 0 Å². The van der Waals surface area contributed by atoms with E-state index in [1.807, 2.05) is 19.1 Å². The van der Waals surface area contributed by atoms with Crippen LogP contribution in [0.4, 0.5) is 0 Å². The number of halogens is 1. The first kappa shape index (κ1) is 10.7. The molecule has 1 heterocycles. The van der Waals surface area contributed by atoms with Crippen molar-refractivity contribution in [3.05, 3.63) is 28.3 Å². The molecule has 0 aromatic heterocycles. The highest BCUT2D eigenvalue weighted by Crippen LogP contribution is 2.32. The fourth-order valence-corrected chi connectivity index (χ4v) is 2.02. The fraction of sp³-hybridized carbons (Fsp3) is 0.455. The fourth-order valence-electron chi connectivity index (χ4n) is 1.76. The van der Waals surface area contributed by atoms with Gasteiger partial charge < -0.3 is 15.2 Å². The molecule has 1 aromatic rings. The molecule has 0 saturated heterocycles. The number of fused-ring (bicyclic) bond motifs is 1. The van der Waals surface area contributed by atoms with E-state index in [1.54, 1.807) is 0 Å². The predicted octanol–water partition coefficient (Wildman–Crippen LogP) is 2.10. The van der Waals surface area contributed by atoms with Crippen molar-refractivity contribution in [2.45, 2.75) is 26.0 Å². The molecule has 2 rings (SSSR count). The summed E-state index contributed by atoms with van der Waals surface area (Å²) >= 11 is 6.01. The molecule has 0 spiro atoms. The molecule has 0 radical (unpaired) electrons. The van der Waals surface area contributed by atoms with Crippen LogP contribution >= 0.6 is 11.6 Å². The lowest BCUT2D eigenvalue weighted by Gasteiger charge is -2.21. The van der Waals surface area contributed by atoms with Gasteiger partial charge in [-0.05, 0) is 31.0 Å². The van der Waals surface area contributed by atoms with Crippen molar-refractivity contribution in [2.75, 3.05) is 6.79 Å². The zero-order chi connectivity index (χ0) is 10.8. The zero-order valence-electron chi connectivity index (χ0n) is 8.63. The highest BCUT2D eigenvalue weighted by molar-refractivity contribution is 6.30. The number of hydrogen-bond donors (Lipinski definition) is 1. The molecular weight excluding hydrogens is 214 g/mol. The number of benzene rings is 1. The van der Waals surface area contributed by atoms with E-state index in [-0.39, 0.29) is 6.04 Å². The lowest BCUT2D eigenvalue weighted by molar-refractivity contribution is -0.0170. The van der Waals surface area contributed by atoms with E-state index in [9.17, 15) is 0 Å². The maximum absolute atomic E-state index is 6.01. The molecule has 1 aromatic carbocycles. The van der Waals surface area contributed by atoms with Gasteiger partial charge in [0.15, 0.2) is 6.79 Å².